The lowest BCUT2D eigenvalue weighted by Crippen LogP contribution is -2.45. The number of carbonyl (C=O) groups is 1. The summed E-state index contributed by atoms with van der Waals surface area (Å²) >= 11 is 9.20. The SMILES string of the molecule is NC1=N[C@](F)(C2CC(NC(=O)c3ncc(Br)cc3Cl)=CC=C2F)COC1. The fourth-order valence-electron chi connectivity index (χ4n) is 2.71. The smallest absolute Gasteiger partial charge is 0.275 e. The number of nitrogens with two attached hydrogens (primary N) is 1. The summed E-state index contributed by atoms with van der Waals surface area (Å²) in [7, 11) is 0. The highest BCUT2D eigenvalue weighted by atomic mass is 79.9. The predicted molar refractivity (Wildman–Crippen MR) is 96.1 cm³/mol. The van der Waals surface area contributed by atoms with Crippen molar-refractivity contribution < 1.29 is 18.3 Å². The Kier molecular flexibility index (Phi) is 5.40. The zero-order valence-corrected chi connectivity index (χ0v) is 15.7. The number of amidine groups is 1. The molecule has 1 aliphatic heterocycles. The lowest BCUT2D eigenvalue weighted by atomic mass is 9.88. The van der Waals surface area contributed by atoms with Crippen LogP contribution < -0.4 is 11.1 Å². The first-order chi connectivity index (χ1) is 12.3. The molecule has 26 heavy (non-hydrogen) atoms. The molecule has 3 rings (SSSR count). The number of nitrogens with zero attached hydrogens (tertiary/aromatic N) is 2. The van der Waals surface area contributed by atoms with E-state index in [-0.39, 0.29) is 29.6 Å². The first-order valence-electron chi connectivity index (χ1n) is 7.58. The predicted octanol–water partition coefficient (Wildman–Crippen LogP) is 3.04. The number of amides is 1. The fraction of sp³-hybridized carbons (Fsp3) is 0.312. The van der Waals surface area contributed by atoms with Crippen LogP contribution in [0.3, 0.4) is 0 Å². The number of hydrogen-bond donors (Lipinski definition) is 2. The molecule has 1 aromatic rings. The molecular formula is C16H14BrClF2N4O2. The number of alkyl halides is 1. The van der Waals surface area contributed by atoms with Crippen molar-refractivity contribution >= 4 is 39.3 Å². The highest BCUT2D eigenvalue weighted by Gasteiger charge is 2.45. The van der Waals surface area contributed by atoms with Crippen molar-refractivity contribution in [3.8, 4) is 0 Å². The molecule has 0 bridgehead atoms. The van der Waals surface area contributed by atoms with Crippen LogP contribution >= 0.6 is 27.5 Å². The Hall–Kier alpha value is -1.84. The summed E-state index contributed by atoms with van der Waals surface area (Å²) in [6.07, 6.45) is 3.74. The Morgan fingerprint density at radius 3 is 2.96 bits per heavy atom. The van der Waals surface area contributed by atoms with E-state index in [1.165, 1.54) is 18.3 Å². The Bertz CT molecular complexity index is 846. The van der Waals surface area contributed by atoms with Gasteiger partial charge in [0.05, 0.1) is 10.9 Å². The Balaban J connectivity index is 1.78. The summed E-state index contributed by atoms with van der Waals surface area (Å²) in [4.78, 5) is 20.0. The minimum absolute atomic E-state index is 0.000526. The second kappa shape index (κ2) is 7.42. The molecule has 0 spiro atoms. The first-order valence-corrected chi connectivity index (χ1v) is 8.75. The Morgan fingerprint density at radius 2 is 2.27 bits per heavy atom. The largest absolute Gasteiger partial charge is 0.385 e. The molecule has 2 heterocycles. The molecule has 0 aromatic carbocycles. The van der Waals surface area contributed by atoms with Crippen LogP contribution in [0.4, 0.5) is 8.78 Å². The molecule has 0 fully saturated rings. The summed E-state index contributed by atoms with van der Waals surface area (Å²) in [6, 6.07) is 1.52. The monoisotopic (exact) mass is 446 g/mol. The van der Waals surface area contributed by atoms with Crippen LogP contribution in [0.15, 0.2) is 45.4 Å². The number of nitrogens with one attached hydrogen (secondary N) is 1. The topological polar surface area (TPSA) is 89.6 Å². The van der Waals surface area contributed by atoms with Crippen LogP contribution in [0.2, 0.25) is 5.02 Å². The van der Waals surface area contributed by atoms with Gasteiger partial charge in [-0.3, -0.25) is 4.79 Å². The van der Waals surface area contributed by atoms with E-state index in [0.717, 1.165) is 6.08 Å². The number of aliphatic imine (C=N–C) groups is 1. The summed E-state index contributed by atoms with van der Waals surface area (Å²) in [5.74, 6) is -4.92. The third-order valence-electron chi connectivity index (χ3n) is 3.92. The van der Waals surface area contributed by atoms with Gasteiger partial charge in [-0.2, -0.15) is 0 Å². The van der Waals surface area contributed by atoms with Gasteiger partial charge in [0.25, 0.3) is 5.91 Å². The van der Waals surface area contributed by atoms with Crippen molar-refractivity contribution in [3.63, 3.8) is 0 Å². The van der Waals surface area contributed by atoms with Crippen molar-refractivity contribution in [2.24, 2.45) is 16.6 Å². The van der Waals surface area contributed by atoms with Gasteiger partial charge in [-0.1, -0.05) is 11.6 Å². The molecule has 2 atom stereocenters. The number of aromatic nitrogens is 1. The lowest BCUT2D eigenvalue weighted by Gasteiger charge is -2.34. The van der Waals surface area contributed by atoms with Crippen LogP contribution in [0.1, 0.15) is 16.9 Å². The van der Waals surface area contributed by atoms with Crippen LogP contribution in [0, 0.1) is 5.92 Å². The third-order valence-corrected chi connectivity index (χ3v) is 4.64. The molecule has 2 aliphatic rings. The summed E-state index contributed by atoms with van der Waals surface area (Å²) in [5, 5.41) is 2.72. The van der Waals surface area contributed by atoms with E-state index in [4.69, 9.17) is 22.1 Å². The van der Waals surface area contributed by atoms with Gasteiger partial charge in [0.2, 0.25) is 5.79 Å². The number of ether oxygens (including phenoxy) is 1. The molecule has 0 saturated heterocycles. The van der Waals surface area contributed by atoms with Gasteiger partial charge in [-0.25, -0.2) is 18.8 Å². The molecule has 1 aliphatic carbocycles. The zero-order chi connectivity index (χ0) is 18.9. The highest BCUT2D eigenvalue weighted by Crippen LogP contribution is 2.39. The first kappa shape index (κ1) is 18.9. The minimum atomic E-state index is -2.33. The molecule has 1 unspecified atom stereocenters. The average Bonchev–Trinajstić information content (AvgIpc) is 2.56. The number of carbonyl (C=O) groups excluding carboxylic acids is 1. The Morgan fingerprint density at radius 1 is 1.50 bits per heavy atom. The normalized spacial score (nSPS) is 25.8. The van der Waals surface area contributed by atoms with Crippen LogP contribution in [-0.2, 0) is 4.74 Å². The van der Waals surface area contributed by atoms with Crippen LogP contribution in [-0.4, -0.2) is 35.7 Å². The van der Waals surface area contributed by atoms with E-state index in [1.807, 2.05) is 0 Å². The van der Waals surface area contributed by atoms with Crippen molar-refractivity contribution in [1.29, 1.82) is 0 Å². The molecule has 3 N–H and O–H groups in total. The summed E-state index contributed by atoms with van der Waals surface area (Å²) in [6.45, 7) is -0.419. The maximum absolute atomic E-state index is 15.0. The number of halogens is 4. The number of pyridine rings is 1. The highest BCUT2D eigenvalue weighted by molar-refractivity contribution is 9.10. The number of rotatable bonds is 3. The van der Waals surface area contributed by atoms with E-state index in [9.17, 15) is 9.18 Å². The van der Waals surface area contributed by atoms with Gasteiger partial charge in [-0.15, -0.1) is 0 Å². The van der Waals surface area contributed by atoms with Gasteiger partial charge in [0, 0.05) is 22.8 Å². The van der Waals surface area contributed by atoms with E-state index < -0.39 is 30.1 Å². The van der Waals surface area contributed by atoms with E-state index in [2.05, 4.69) is 31.2 Å². The van der Waals surface area contributed by atoms with Crippen molar-refractivity contribution in [1.82, 2.24) is 10.3 Å². The van der Waals surface area contributed by atoms with E-state index in [0.29, 0.717) is 10.2 Å². The second-order valence-electron chi connectivity index (χ2n) is 5.85. The number of hydrogen-bond acceptors (Lipinski definition) is 5. The molecular weight excluding hydrogens is 434 g/mol. The maximum Gasteiger partial charge on any atom is 0.275 e. The summed E-state index contributed by atoms with van der Waals surface area (Å²) in [5.41, 5.74) is 5.82. The van der Waals surface area contributed by atoms with Gasteiger partial charge in [0.1, 0.15) is 30.6 Å². The molecule has 0 saturated carbocycles. The minimum Gasteiger partial charge on any atom is -0.385 e. The number of allylic oxidation sites excluding steroid dienone is 3. The molecule has 138 valence electrons. The molecule has 1 amide bonds. The van der Waals surface area contributed by atoms with Crippen molar-refractivity contribution in [2.45, 2.75) is 12.2 Å². The van der Waals surface area contributed by atoms with E-state index in [1.54, 1.807) is 0 Å². The fourth-order valence-corrected chi connectivity index (χ4v) is 3.42. The molecule has 0 radical (unpaired) electrons. The molecule has 6 nitrogen and oxygen atoms in total. The zero-order valence-electron chi connectivity index (χ0n) is 13.3. The Labute approximate surface area is 161 Å². The molecule has 10 heteroatoms. The average molecular weight is 448 g/mol. The van der Waals surface area contributed by atoms with E-state index >= 15 is 4.39 Å². The van der Waals surface area contributed by atoms with Gasteiger partial charge < -0.3 is 15.8 Å². The van der Waals surface area contributed by atoms with Crippen molar-refractivity contribution in [3.05, 3.63) is 51.1 Å². The van der Waals surface area contributed by atoms with Crippen molar-refractivity contribution in [2.75, 3.05) is 13.2 Å². The summed E-state index contributed by atoms with van der Waals surface area (Å²) < 4.78 is 34.9. The second-order valence-corrected chi connectivity index (χ2v) is 7.18. The molecule has 1 aromatic heterocycles. The van der Waals surface area contributed by atoms with Gasteiger partial charge in [-0.05, 0) is 34.1 Å². The van der Waals surface area contributed by atoms with Crippen LogP contribution in [0.25, 0.3) is 0 Å². The van der Waals surface area contributed by atoms with Gasteiger partial charge >= 0.3 is 0 Å². The van der Waals surface area contributed by atoms with Crippen LogP contribution in [0.5, 0.6) is 0 Å². The standard InChI is InChI=1S/C16H14BrClF2N4O2/c17-8-3-11(18)14(22-5-8)15(25)23-9-1-2-12(19)10(4-9)16(20)7-26-6-13(21)24-16/h1-3,5,10H,4,6-7H2,(H2,21,24)(H,23,25)/t10?,16-/m0/s1. The lowest BCUT2D eigenvalue weighted by molar-refractivity contribution is -0.0149. The maximum atomic E-state index is 15.0. The van der Waals surface area contributed by atoms with Gasteiger partial charge in [0.15, 0.2) is 0 Å². The third kappa shape index (κ3) is 3.94. The quantitative estimate of drug-likeness (QED) is 0.697.